The fourth-order valence-electron chi connectivity index (χ4n) is 3.05. The van der Waals surface area contributed by atoms with Gasteiger partial charge >= 0.3 is 11.8 Å². The summed E-state index contributed by atoms with van der Waals surface area (Å²) in [5.41, 5.74) is 1.73. The Morgan fingerprint density at radius 3 is 2.55 bits per heavy atom. The molecule has 0 spiro atoms. The van der Waals surface area contributed by atoms with Gasteiger partial charge in [0.05, 0.1) is 13.2 Å². The summed E-state index contributed by atoms with van der Waals surface area (Å²) < 4.78 is 24.7. The van der Waals surface area contributed by atoms with Crippen molar-refractivity contribution in [1.82, 2.24) is 10.2 Å². The van der Waals surface area contributed by atoms with E-state index in [1.165, 1.54) is 18.2 Å². The van der Waals surface area contributed by atoms with Crippen LogP contribution in [-0.2, 0) is 16.1 Å². The summed E-state index contributed by atoms with van der Waals surface area (Å²) in [5, 5.41) is 5.70. The molecule has 2 aromatic carbocycles. The van der Waals surface area contributed by atoms with Crippen LogP contribution in [-0.4, -0.2) is 44.0 Å². The monoisotopic (exact) mass is 427 g/mol. The molecule has 0 aliphatic carbocycles. The Morgan fingerprint density at radius 2 is 1.84 bits per heavy atom. The smallest absolute Gasteiger partial charge is 0.313 e. The number of carbonyl (C=O) groups is 2. The maximum absolute atomic E-state index is 13.4. The average Bonchev–Trinajstić information content (AvgIpc) is 3.05. The van der Waals surface area contributed by atoms with E-state index < -0.39 is 11.8 Å². The number of nitrogens with one attached hydrogen (secondary N) is 2. The molecule has 0 bridgehead atoms. The summed E-state index contributed by atoms with van der Waals surface area (Å²) in [5.74, 6) is -0.790. The highest BCUT2D eigenvalue weighted by Gasteiger charge is 2.16. The fraction of sp³-hybridized carbons (Fsp3) is 0.304. The largest absolute Gasteiger partial charge is 0.494 e. The van der Waals surface area contributed by atoms with Crippen LogP contribution in [0.1, 0.15) is 17.7 Å². The Labute approximate surface area is 180 Å². The predicted molar refractivity (Wildman–Crippen MR) is 116 cm³/mol. The summed E-state index contributed by atoms with van der Waals surface area (Å²) in [6.45, 7) is 3.33. The number of aryl methyl sites for hydroxylation is 1. The van der Waals surface area contributed by atoms with Crippen LogP contribution in [0.15, 0.2) is 46.9 Å². The molecule has 2 amide bonds. The number of nitrogens with zero attached hydrogens (tertiary/aromatic N) is 1. The number of hydrogen-bond donors (Lipinski definition) is 2. The summed E-state index contributed by atoms with van der Waals surface area (Å²) in [7, 11) is 4.01. The summed E-state index contributed by atoms with van der Waals surface area (Å²) in [6.07, 6.45) is 0.908. The number of fused-ring (bicyclic) bond motifs is 1. The maximum atomic E-state index is 13.4. The molecule has 1 aromatic heterocycles. The molecule has 3 aromatic rings. The topological polar surface area (TPSA) is 83.8 Å². The van der Waals surface area contributed by atoms with Crippen molar-refractivity contribution in [3.63, 3.8) is 0 Å². The van der Waals surface area contributed by atoms with E-state index in [1.807, 2.05) is 14.1 Å². The average molecular weight is 427 g/mol. The summed E-state index contributed by atoms with van der Waals surface area (Å²) >= 11 is 0. The zero-order valence-corrected chi connectivity index (χ0v) is 17.8. The third kappa shape index (κ3) is 6.05. The normalized spacial score (nSPS) is 11.0. The first-order valence-electron chi connectivity index (χ1n) is 9.98. The quantitative estimate of drug-likeness (QED) is 0.425. The van der Waals surface area contributed by atoms with Crippen LogP contribution < -0.4 is 15.4 Å². The number of rotatable bonds is 8. The highest BCUT2D eigenvalue weighted by Crippen LogP contribution is 2.25. The van der Waals surface area contributed by atoms with Crippen LogP contribution in [0.2, 0.25) is 0 Å². The van der Waals surface area contributed by atoms with Crippen LogP contribution in [0, 0.1) is 12.7 Å². The Bertz CT molecular complexity index is 1060. The molecule has 3 rings (SSSR count). The molecular weight excluding hydrogens is 401 g/mol. The molecule has 0 aliphatic rings. The Balaban J connectivity index is 1.49. The van der Waals surface area contributed by atoms with Gasteiger partial charge in [-0.05, 0) is 69.9 Å². The van der Waals surface area contributed by atoms with Crippen molar-refractivity contribution < 1.29 is 23.1 Å². The third-order valence-corrected chi connectivity index (χ3v) is 4.74. The first-order chi connectivity index (χ1) is 14.8. The van der Waals surface area contributed by atoms with Crippen LogP contribution in [0.4, 0.5) is 10.1 Å². The lowest BCUT2D eigenvalue weighted by Crippen LogP contribution is -2.35. The van der Waals surface area contributed by atoms with Gasteiger partial charge in [0, 0.05) is 23.2 Å². The van der Waals surface area contributed by atoms with Crippen LogP contribution >= 0.6 is 0 Å². The minimum atomic E-state index is -0.796. The molecule has 8 heteroatoms. The van der Waals surface area contributed by atoms with E-state index >= 15 is 0 Å². The number of amides is 2. The van der Waals surface area contributed by atoms with Crippen LogP contribution in [0.3, 0.4) is 0 Å². The van der Waals surface area contributed by atoms with E-state index in [0.29, 0.717) is 34.8 Å². The minimum absolute atomic E-state index is 0.0219. The lowest BCUT2D eigenvalue weighted by Gasteiger charge is -2.11. The number of hydrogen-bond acceptors (Lipinski definition) is 5. The van der Waals surface area contributed by atoms with Gasteiger partial charge < -0.3 is 24.7 Å². The van der Waals surface area contributed by atoms with Gasteiger partial charge in [0.2, 0.25) is 0 Å². The van der Waals surface area contributed by atoms with Crippen molar-refractivity contribution in [2.24, 2.45) is 0 Å². The van der Waals surface area contributed by atoms with E-state index in [9.17, 15) is 14.0 Å². The van der Waals surface area contributed by atoms with E-state index in [4.69, 9.17) is 9.15 Å². The first kappa shape index (κ1) is 22.3. The summed E-state index contributed by atoms with van der Waals surface area (Å²) in [4.78, 5) is 26.4. The highest BCUT2D eigenvalue weighted by molar-refractivity contribution is 6.39. The first-order valence-corrected chi connectivity index (χ1v) is 9.98. The predicted octanol–water partition coefficient (Wildman–Crippen LogP) is 3.47. The van der Waals surface area contributed by atoms with Crippen molar-refractivity contribution in [3.8, 4) is 5.75 Å². The summed E-state index contributed by atoms with van der Waals surface area (Å²) in [6, 6.07) is 11.0. The molecule has 31 heavy (non-hydrogen) atoms. The van der Waals surface area contributed by atoms with Gasteiger partial charge in [-0.3, -0.25) is 9.59 Å². The van der Waals surface area contributed by atoms with Gasteiger partial charge in [-0.2, -0.15) is 0 Å². The zero-order valence-electron chi connectivity index (χ0n) is 17.8. The molecule has 0 aliphatic heterocycles. The SMILES string of the molecule is Cc1c(CNC(=O)C(=O)Nc2ccc(OCCCN(C)C)cc2)oc2ccc(F)cc12. The lowest BCUT2D eigenvalue weighted by molar-refractivity contribution is -0.136. The maximum Gasteiger partial charge on any atom is 0.313 e. The highest BCUT2D eigenvalue weighted by atomic mass is 19.1. The van der Waals surface area contributed by atoms with Crippen LogP contribution in [0.25, 0.3) is 11.0 Å². The second-order valence-electron chi connectivity index (χ2n) is 7.46. The molecular formula is C23H26FN3O4. The number of halogens is 1. The molecule has 7 nitrogen and oxygen atoms in total. The van der Waals surface area contributed by atoms with Gasteiger partial charge in [0.15, 0.2) is 0 Å². The van der Waals surface area contributed by atoms with Crippen molar-refractivity contribution in [1.29, 1.82) is 0 Å². The Hall–Kier alpha value is -3.39. The molecule has 0 fully saturated rings. The van der Waals surface area contributed by atoms with Crippen molar-refractivity contribution in [3.05, 3.63) is 59.6 Å². The van der Waals surface area contributed by atoms with Gasteiger partial charge in [0.25, 0.3) is 0 Å². The standard InChI is InChI=1S/C23H26FN3O4/c1-15-19-13-16(24)5-10-20(19)31-21(15)14-25-22(28)23(29)26-17-6-8-18(9-7-17)30-12-4-11-27(2)3/h5-10,13H,4,11-12,14H2,1-3H3,(H,25,28)(H,26,29). The number of ether oxygens (including phenoxy) is 1. The third-order valence-electron chi connectivity index (χ3n) is 4.74. The number of furan rings is 1. The lowest BCUT2D eigenvalue weighted by atomic mass is 10.1. The Morgan fingerprint density at radius 1 is 1.10 bits per heavy atom. The van der Waals surface area contributed by atoms with E-state index in [2.05, 4.69) is 15.5 Å². The van der Waals surface area contributed by atoms with Gasteiger partial charge in [-0.15, -0.1) is 0 Å². The molecule has 0 radical (unpaired) electrons. The number of benzene rings is 2. The van der Waals surface area contributed by atoms with Gasteiger partial charge in [-0.1, -0.05) is 0 Å². The number of anilines is 1. The van der Waals surface area contributed by atoms with Crippen molar-refractivity contribution in [2.75, 3.05) is 32.6 Å². The van der Waals surface area contributed by atoms with Crippen LogP contribution in [0.5, 0.6) is 5.75 Å². The second kappa shape index (κ2) is 10.1. The molecule has 1 heterocycles. The minimum Gasteiger partial charge on any atom is -0.494 e. The molecule has 0 atom stereocenters. The van der Waals surface area contributed by atoms with E-state index in [-0.39, 0.29) is 12.4 Å². The molecule has 0 saturated heterocycles. The van der Waals surface area contributed by atoms with Gasteiger partial charge in [-0.25, -0.2) is 4.39 Å². The van der Waals surface area contributed by atoms with Gasteiger partial charge in [0.1, 0.15) is 22.9 Å². The van der Waals surface area contributed by atoms with Crippen molar-refractivity contribution >= 4 is 28.5 Å². The Kier molecular flexibility index (Phi) is 7.25. The fourth-order valence-corrected chi connectivity index (χ4v) is 3.05. The molecule has 164 valence electrons. The molecule has 0 unspecified atom stereocenters. The number of carbonyl (C=O) groups excluding carboxylic acids is 2. The second-order valence-corrected chi connectivity index (χ2v) is 7.46. The van der Waals surface area contributed by atoms with E-state index in [0.717, 1.165) is 18.5 Å². The van der Waals surface area contributed by atoms with Crippen molar-refractivity contribution in [2.45, 2.75) is 19.9 Å². The molecule has 0 saturated carbocycles. The van der Waals surface area contributed by atoms with E-state index in [1.54, 1.807) is 31.2 Å². The zero-order chi connectivity index (χ0) is 22.4. The molecule has 2 N–H and O–H groups in total.